The molecule has 0 fully saturated rings. The number of nitrogens with zero attached hydrogens (tertiary/aromatic N) is 2. The number of methoxy groups -OCH3 is 1. The Morgan fingerprint density at radius 2 is 2.00 bits per heavy atom. The van der Waals surface area contributed by atoms with Gasteiger partial charge in [0.15, 0.2) is 0 Å². The summed E-state index contributed by atoms with van der Waals surface area (Å²) in [7, 11) is 1.62. The first-order valence-electron chi connectivity index (χ1n) is 5.98. The molecule has 96 valence electrons. The number of nitrogens with one attached hydrogen (secondary N) is 1. The van der Waals surface area contributed by atoms with E-state index in [1.165, 1.54) is 6.33 Å². The minimum atomic E-state index is 0.227. The first kappa shape index (κ1) is 13.7. The third kappa shape index (κ3) is 3.32. The lowest BCUT2D eigenvalue weighted by molar-refractivity contribution is 0.269. The van der Waals surface area contributed by atoms with E-state index in [-0.39, 0.29) is 5.41 Å². The average Bonchev–Trinajstić information content (AvgIpc) is 2.27. The second-order valence-electron chi connectivity index (χ2n) is 5.35. The highest BCUT2D eigenvalue weighted by Gasteiger charge is 2.22. The standard InChI is InChI=1S/C13H23N3O/c1-9(2)13(4,5)7-14-11-10(3)12(17-6)16-8-15-11/h8-9H,7H2,1-6H3,(H,14,15,16). The van der Waals surface area contributed by atoms with Crippen LogP contribution in [0, 0.1) is 18.3 Å². The molecule has 0 aromatic carbocycles. The zero-order chi connectivity index (χ0) is 13.1. The predicted octanol–water partition coefficient (Wildman–Crippen LogP) is 2.89. The van der Waals surface area contributed by atoms with Crippen LogP contribution in [0.4, 0.5) is 5.82 Å². The Morgan fingerprint density at radius 1 is 1.35 bits per heavy atom. The van der Waals surface area contributed by atoms with Gasteiger partial charge in [-0.05, 0) is 18.3 Å². The lowest BCUT2D eigenvalue weighted by atomic mass is 9.81. The topological polar surface area (TPSA) is 47.0 Å². The number of hydrogen-bond donors (Lipinski definition) is 1. The van der Waals surface area contributed by atoms with Crippen LogP contribution < -0.4 is 10.1 Å². The Bertz CT molecular complexity index is 375. The third-order valence-corrected chi connectivity index (χ3v) is 3.51. The number of hydrogen-bond acceptors (Lipinski definition) is 4. The van der Waals surface area contributed by atoms with Crippen molar-refractivity contribution in [3.8, 4) is 5.88 Å². The van der Waals surface area contributed by atoms with Crippen LogP contribution in [-0.4, -0.2) is 23.6 Å². The van der Waals surface area contributed by atoms with Crippen molar-refractivity contribution >= 4 is 5.82 Å². The normalized spacial score (nSPS) is 11.7. The second-order valence-corrected chi connectivity index (χ2v) is 5.35. The Labute approximate surface area is 104 Å². The molecule has 4 nitrogen and oxygen atoms in total. The highest BCUT2D eigenvalue weighted by Crippen LogP contribution is 2.27. The van der Waals surface area contributed by atoms with E-state index in [1.54, 1.807) is 7.11 Å². The molecule has 1 heterocycles. The van der Waals surface area contributed by atoms with Crippen LogP contribution in [0.1, 0.15) is 33.3 Å². The quantitative estimate of drug-likeness (QED) is 0.855. The molecule has 1 rings (SSSR count). The van der Waals surface area contributed by atoms with E-state index < -0.39 is 0 Å². The SMILES string of the molecule is COc1ncnc(NCC(C)(C)C(C)C)c1C. The fourth-order valence-corrected chi connectivity index (χ4v) is 1.33. The monoisotopic (exact) mass is 237 g/mol. The summed E-state index contributed by atoms with van der Waals surface area (Å²) in [4.78, 5) is 8.31. The molecule has 4 heteroatoms. The van der Waals surface area contributed by atoms with Crippen LogP contribution in [0.2, 0.25) is 0 Å². The molecule has 0 atom stereocenters. The van der Waals surface area contributed by atoms with Gasteiger partial charge in [0.05, 0.1) is 12.7 Å². The zero-order valence-corrected chi connectivity index (χ0v) is 11.7. The highest BCUT2D eigenvalue weighted by molar-refractivity contribution is 5.47. The van der Waals surface area contributed by atoms with Gasteiger partial charge in [-0.25, -0.2) is 9.97 Å². The van der Waals surface area contributed by atoms with Gasteiger partial charge in [0.25, 0.3) is 0 Å². The molecule has 0 saturated carbocycles. The molecule has 0 saturated heterocycles. The van der Waals surface area contributed by atoms with Gasteiger partial charge in [-0.15, -0.1) is 0 Å². The van der Waals surface area contributed by atoms with Crippen molar-refractivity contribution in [1.29, 1.82) is 0 Å². The van der Waals surface area contributed by atoms with Gasteiger partial charge in [0.1, 0.15) is 12.1 Å². The molecule has 0 aliphatic rings. The van der Waals surface area contributed by atoms with Crippen molar-refractivity contribution in [2.45, 2.75) is 34.6 Å². The molecule has 0 aliphatic heterocycles. The van der Waals surface area contributed by atoms with Crippen LogP contribution in [0.3, 0.4) is 0 Å². The number of rotatable bonds is 5. The van der Waals surface area contributed by atoms with Crippen molar-refractivity contribution in [2.75, 3.05) is 19.0 Å². The average molecular weight is 237 g/mol. The molecule has 0 spiro atoms. The first-order valence-corrected chi connectivity index (χ1v) is 5.98. The minimum absolute atomic E-state index is 0.227. The maximum absolute atomic E-state index is 5.17. The van der Waals surface area contributed by atoms with E-state index in [2.05, 4.69) is 43.0 Å². The summed E-state index contributed by atoms with van der Waals surface area (Å²) in [5.74, 6) is 2.09. The van der Waals surface area contributed by atoms with Crippen LogP contribution in [0.15, 0.2) is 6.33 Å². The molecular weight excluding hydrogens is 214 g/mol. The van der Waals surface area contributed by atoms with Gasteiger partial charge in [-0.1, -0.05) is 27.7 Å². The minimum Gasteiger partial charge on any atom is -0.481 e. The number of anilines is 1. The summed E-state index contributed by atoms with van der Waals surface area (Å²) in [5.41, 5.74) is 1.18. The van der Waals surface area contributed by atoms with E-state index >= 15 is 0 Å². The summed E-state index contributed by atoms with van der Waals surface area (Å²) >= 11 is 0. The molecule has 0 radical (unpaired) electrons. The molecule has 1 aromatic rings. The van der Waals surface area contributed by atoms with Crippen molar-refractivity contribution in [1.82, 2.24) is 9.97 Å². The lowest BCUT2D eigenvalue weighted by Crippen LogP contribution is -2.29. The van der Waals surface area contributed by atoms with Gasteiger partial charge in [0, 0.05) is 6.54 Å². The van der Waals surface area contributed by atoms with Crippen molar-refractivity contribution in [3.05, 3.63) is 11.9 Å². The highest BCUT2D eigenvalue weighted by atomic mass is 16.5. The molecule has 0 unspecified atom stereocenters. The fourth-order valence-electron chi connectivity index (χ4n) is 1.33. The van der Waals surface area contributed by atoms with Crippen LogP contribution in [-0.2, 0) is 0 Å². The van der Waals surface area contributed by atoms with Gasteiger partial charge in [-0.3, -0.25) is 0 Å². The van der Waals surface area contributed by atoms with Gasteiger partial charge in [0.2, 0.25) is 5.88 Å². The van der Waals surface area contributed by atoms with Gasteiger partial charge >= 0.3 is 0 Å². The Morgan fingerprint density at radius 3 is 2.53 bits per heavy atom. The van der Waals surface area contributed by atoms with E-state index in [0.717, 1.165) is 17.9 Å². The Kier molecular flexibility index (Phi) is 4.32. The molecule has 1 aromatic heterocycles. The van der Waals surface area contributed by atoms with Crippen molar-refractivity contribution < 1.29 is 4.74 Å². The summed E-state index contributed by atoms with van der Waals surface area (Å²) in [6.45, 7) is 11.8. The summed E-state index contributed by atoms with van der Waals surface area (Å²) < 4.78 is 5.17. The van der Waals surface area contributed by atoms with Crippen molar-refractivity contribution in [2.24, 2.45) is 11.3 Å². The Hall–Kier alpha value is -1.32. The van der Waals surface area contributed by atoms with Crippen LogP contribution in [0.25, 0.3) is 0 Å². The van der Waals surface area contributed by atoms with E-state index in [4.69, 9.17) is 4.74 Å². The molecule has 1 N–H and O–H groups in total. The smallest absolute Gasteiger partial charge is 0.221 e. The summed E-state index contributed by atoms with van der Waals surface area (Å²) in [6, 6.07) is 0. The van der Waals surface area contributed by atoms with E-state index in [0.29, 0.717) is 11.8 Å². The lowest BCUT2D eigenvalue weighted by Gasteiger charge is -2.29. The van der Waals surface area contributed by atoms with Gasteiger partial charge < -0.3 is 10.1 Å². The fraction of sp³-hybridized carbons (Fsp3) is 0.692. The predicted molar refractivity (Wildman–Crippen MR) is 70.4 cm³/mol. The maximum atomic E-state index is 5.17. The molecule has 0 amide bonds. The third-order valence-electron chi connectivity index (χ3n) is 3.51. The molecular formula is C13H23N3O. The van der Waals surface area contributed by atoms with E-state index in [1.807, 2.05) is 6.92 Å². The van der Waals surface area contributed by atoms with E-state index in [9.17, 15) is 0 Å². The van der Waals surface area contributed by atoms with Crippen LogP contribution >= 0.6 is 0 Å². The largest absolute Gasteiger partial charge is 0.481 e. The maximum Gasteiger partial charge on any atom is 0.221 e. The Balaban J connectivity index is 2.76. The number of ether oxygens (including phenoxy) is 1. The number of aromatic nitrogens is 2. The van der Waals surface area contributed by atoms with Crippen molar-refractivity contribution in [3.63, 3.8) is 0 Å². The first-order chi connectivity index (χ1) is 7.88. The molecule has 0 bridgehead atoms. The summed E-state index contributed by atoms with van der Waals surface area (Å²) in [6.07, 6.45) is 1.52. The van der Waals surface area contributed by atoms with Crippen LogP contribution in [0.5, 0.6) is 5.88 Å². The molecule has 0 aliphatic carbocycles. The molecule has 17 heavy (non-hydrogen) atoms. The second kappa shape index (κ2) is 5.34. The zero-order valence-electron chi connectivity index (χ0n) is 11.7. The van der Waals surface area contributed by atoms with Gasteiger partial charge in [-0.2, -0.15) is 0 Å². The summed E-state index contributed by atoms with van der Waals surface area (Å²) in [5, 5.41) is 3.38.